The third kappa shape index (κ3) is 6.91. The highest BCUT2D eigenvalue weighted by Gasteiger charge is 2.10. The van der Waals surface area contributed by atoms with Gasteiger partial charge in [-0.2, -0.15) is 5.10 Å². The van der Waals surface area contributed by atoms with Gasteiger partial charge in [-0.25, -0.2) is 5.43 Å². The molecule has 0 heterocycles. The molecular weight excluding hydrogens is 360 g/mol. The molecule has 0 radical (unpaired) electrons. The minimum Gasteiger partial charge on any atom is -0.483 e. The van der Waals surface area contributed by atoms with Gasteiger partial charge < -0.3 is 15.4 Å². The van der Waals surface area contributed by atoms with E-state index in [1.165, 1.54) is 6.21 Å². The van der Waals surface area contributed by atoms with Gasteiger partial charge in [0.25, 0.3) is 5.91 Å². The molecule has 0 atom stereocenters. The van der Waals surface area contributed by atoms with Crippen molar-refractivity contribution in [2.45, 2.75) is 13.5 Å². The Kier molecular flexibility index (Phi) is 8.19. The molecule has 3 amide bonds. The first kappa shape index (κ1) is 20.6. The van der Waals surface area contributed by atoms with Gasteiger partial charge in [0.15, 0.2) is 6.61 Å². The summed E-state index contributed by atoms with van der Waals surface area (Å²) in [6.07, 6.45) is 1.34. The quantitative estimate of drug-likeness (QED) is 0.359. The zero-order valence-electron chi connectivity index (χ0n) is 15.5. The van der Waals surface area contributed by atoms with Crippen LogP contribution in [-0.2, 0) is 20.9 Å². The molecule has 0 saturated carbocycles. The highest BCUT2D eigenvalue weighted by Crippen LogP contribution is 2.15. The third-order valence-corrected chi connectivity index (χ3v) is 3.52. The fourth-order valence-corrected chi connectivity index (χ4v) is 2.16. The standard InChI is InChI=1S/C20H22N4O4/c1-2-21-19(26)20(27)24-23-13-16-10-6-7-11-17(16)28-14-18(25)22-12-15-8-4-3-5-9-15/h3-11,13H,2,12,14H2,1H3,(H,21,26)(H,22,25)(H,24,27)/b23-13-. The zero-order valence-corrected chi connectivity index (χ0v) is 15.5. The molecule has 0 aromatic heterocycles. The molecule has 2 rings (SSSR count). The summed E-state index contributed by atoms with van der Waals surface area (Å²) in [4.78, 5) is 34.8. The maximum Gasteiger partial charge on any atom is 0.329 e. The van der Waals surface area contributed by atoms with E-state index in [0.717, 1.165) is 5.56 Å². The van der Waals surface area contributed by atoms with E-state index in [0.29, 0.717) is 24.4 Å². The van der Waals surface area contributed by atoms with Crippen molar-refractivity contribution < 1.29 is 19.1 Å². The molecule has 28 heavy (non-hydrogen) atoms. The predicted octanol–water partition coefficient (Wildman–Crippen LogP) is 0.968. The van der Waals surface area contributed by atoms with Gasteiger partial charge >= 0.3 is 11.8 Å². The van der Waals surface area contributed by atoms with Crippen molar-refractivity contribution in [1.29, 1.82) is 0 Å². The molecule has 0 saturated heterocycles. The van der Waals surface area contributed by atoms with Gasteiger partial charge in [0, 0.05) is 18.7 Å². The molecule has 8 nitrogen and oxygen atoms in total. The van der Waals surface area contributed by atoms with Crippen molar-refractivity contribution in [3.8, 4) is 5.75 Å². The van der Waals surface area contributed by atoms with Crippen molar-refractivity contribution in [2.24, 2.45) is 5.10 Å². The van der Waals surface area contributed by atoms with Gasteiger partial charge in [-0.1, -0.05) is 42.5 Å². The van der Waals surface area contributed by atoms with E-state index in [1.54, 1.807) is 31.2 Å². The largest absolute Gasteiger partial charge is 0.483 e. The number of benzene rings is 2. The number of hydrogen-bond donors (Lipinski definition) is 3. The summed E-state index contributed by atoms with van der Waals surface area (Å²) in [6.45, 7) is 2.30. The molecule has 8 heteroatoms. The lowest BCUT2D eigenvalue weighted by Crippen LogP contribution is -2.37. The van der Waals surface area contributed by atoms with E-state index < -0.39 is 11.8 Å². The van der Waals surface area contributed by atoms with Crippen molar-refractivity contribution >= 4 is 23.9 Å². The van der Waals surface area contributed by atoms with Crippen LogP contribution in [0.3, 0.4) is 0 Å². The van der Waals surface area contributed by atoms with Crippen LogP contribution < -0.4 is 20.8 Å². The Morgan fingerprint density at radius 2 is 1.68 bits per heavy atom. The van der Waals surface area contributed by atoms with Crippen LogP contribution in [-0.4, -0.2) is 37.1 Å². The molecule has 2 aromatic carbocycles. The first-order chi connectivity index (χ1) is 13.6. The Bertz CT molecular complexity index is 837. The summed E-state index contributed by atoms with van der Waals surface area (Å²) in [5, 5.41) is 8.88. The van der Waals surface area contributed by atoms with Gasteiger partial charge in [0.05, 0.1) is 6.21 Å². The molecule has 0 aliphatic carbocycles. The maximum absolute atomic E-state index is 12.0. The first-order valence-corrected chi connectivity index (χ1v) is 8.74. The molecule has 0 bridgehead atoms. The van der Waals surface area contributed by atoms with E-state index in [9.17, 15) is 14.4 Å². The highest BCUT2D eigenvalue weighted by molar-refractivity contribution is 6.35. The Labute approximate surface area is 163 Å². The Balaban J connectivity index is 1.85. The third-order valence-electron chi connectivity index (χ3n) is 3.52. The van der Waals surface area contributed by atoms with Crippen LogP contribution in [0, 0.1) is 0 Å². The van der Waals surface area contributed by atoms with E-state index in [-0.39, 0.29) is 12.5 Å². The second-order valence-corrected chi connectivity index (χ2v) is 5.65. The zero-order chi connectivity index (χ0) is 20.2. The SMILES string of the molecule is CCNC(=O)C(=O)N/N=C\c1ccccc1OCC(=O)NCc1ccccc1. The Hall–Kier alpha value is -3.68. The number of rotatable bonds is 8. The summed E-state index contributed by atoms with van der Waals surface area (Å²) in [5.41, 5.74) is 3.67. The first-order valence-electron chi connectivity index (χ1n) is 8.74. The second kappa shape index (κ2) is 11.1. The van der Waals surface area contributed by atoms with Crippen LogP contribution in [0.15, 0.2) is 59.7 Å². The number of hydrogen-bond acceptors (Lipinski definition) is 5. The highest BCUT2D eigenvalue weighted by atomic mass is 16.5. The molecule has 0 aliphatic rings. The summed E-state index contributed by atoms with van der Waals surface area (Å²) in [6, 6.07) is 16.4. The van der Waals surface area contributed by atoms with Crippen LogP contribution in [0.25, 0.3) is 0 Å². The average Bonchev–Trinajstić information content (AvgIpc) is 2.72. The molecule has 0 aliphatic heterocycles. The Morgan fingerprint density at radius 3 is 2.43 bits per heavy atom. The predicted molar refractivity (Wildman–Crippen MR) is 105 cm³/mol. The smallest absolute Gasteiger partial charge is 0.329 e. The topological polar surface area (TPSA) is 109 Å². The van der Waals surface area contributed by atoms with E-state index in [2.05, 4.69) is 21.2 Å². The molecular formula is C20H22N4O4. The van der Waals surface area contributed by atoms with Crippen LogP contribution in [0.5, 0.6) is 5.75 Å². The van der Waals surface area contributed by atoms with Gasteiger partial charge in [0.1, 0.15) is 5.75 Å². The van der Waals surface area contributed by atoms with Crippen LogP contribution in [0.2, 0.25) is 0 Å². The van der Waals surface area contributed by atoms with Gasteiger partial charge in [-0.15, -0.1) is 0 Å². The number of nitrogens with one attached hydrogen (secondary N) is 3. The monoisotopic (exact) mass is 382 g/mol. The lowest BCUT2D eigenvalue weighted by molar-refractivity contribution is -0.139. The second-order valence-electron chi connectivity index (χ2n) is 5.65. The van der Waals surface area contributed by atoms with Crippen LogP contribution >= 0.6 is 0 Å². The van der Waals surface area contributed by atoms with Crippen molar-refractivity contribution in [2.75, 3.05) is 13.2 Å². The van der Waals surface area contributed by atoms with Gasteiger partial charge in [0.2, 0.25) is 0 Å². The lowest BCUT2D eigenvalue weighted by atomic mass is 10.2. The number of para-hydroxylation sites is 1. The number of hydrazone groups is 1. The average molecular weight is 382 g/mol. The summed E-state index contributed by atoms with van der Waals surface area (Å²) in [7, 11) is 0. The van der Waals surface area contributed by atoms with Crippen LogP contribution in [0.1, 0.15) is 18.1 Å². The minimum absolute atomic E-state index is 0.164. The van der Waals surface area contributed by atoms with Crippen molar-refractivity contribution in [3.05, 3.63) is 65.7 Å². The molecule has 3 N–H and O–H groups in total. The molecule has 146 valence electrons. The van der Waals surface area contributed by atoms with Crippen molar-refractivity contribution in [1.82, 2.24) is 16.1 Å². The molecule has 0 unspecified atom stereocenters. The van der Waals surface area contributed by atoms with E-state index >= 15 is 0 Å². The summed E-state index contributed by atoms with van der Waals surface area (Å²) in [5.74, 6) is -1.47. The molecule has 0 spiro atoms. The van der Waals surface area contributed by atoms with E-state index in [4.69, 9.17) is 4.74 Å². The number of ether oxygens (including phenoxy) is 1. The summed E-state index contributed by atoms with van der Waals surface area (Å²) < 4.78 is 5.54. The number of carbonyl (C=O) groups excluding carboxylic acids is 3. The summed E-state index contributed by atoms with van der Waals surface area (Å²) >= 11 is 0. The van der Waals surface area contributed by atoms with Gasteiger partial charge in [-0.05, 0) is 24.6 Å². The lowest BCUT2D eigenvalue weighted by Gasteiger charge is -2.09. The molecule has 0 fully saturated rings. The van der Waals surface area contributed by atoms with Crippen molar-refractivity contribution in [3.63, 3.8) is 0 Å². The molecule has 2 aromatic rings. The Morgan fingerprint density at radius 1 is 0.964 bits per heavy atom. The number of likely N-dealkylation sites (N-methyl/N-ethyl adjacent to an activating group) is 1. The normalized spacial score (nSPS) is 10.3. The fourth-order valence-electron chi connectivity index (χ4n) is 2.16. The van der Waals surface area contributed by atoms with E-state index in [1.807, 2.05) is 30.3 Å². The number of carbonyl (C=O) groups is 3. The minimum atomic E-state index is -0.864. The van der Waals surface area contributed by atoms with Crippen LogP contribution in [0.4, 0.5) is 0 Å². The number of nitrogens with zero attached hydrogens (tertiary/aromatic N) is 1. The van der Waals surface area contributed by atoms with Gasteiger partial charge in [-0.3, -0.25) is 14.4 Å². The maximum atomic E-state index is 12.0. The fraction of sp³-hybridized carbons (Fsp3) is 0.200. The number of amides is 3.